The van der Waals surface area contributed by atoms with Crippen molar-refractivity contribution in [3.05, 3.63) is 131 Å². The van der Waals surface area contributed by atoms with Gasteiger partial charge in [0.2, 0.25) is 11.9 Å². The Morgan fingerprint density at radius 2 is 0.885 bits per heavy atom. The lowest BCUT2D eigenvalue weighted by molar-refractivity contribution is -0.144. The summed E-state index contributed by atoms with van der Waals surface area (Å²) >= 11 is 1.68. The number of anilines is 2. The van der Waals surface area contributed by atoms with E-state index in [0.29, 0.717) is 107 Å². The third kappa shape index (κ3) is 9.02. The van der Waals surface area contributed by atoms with Crippen LogP contribution in [-0.4, -0.2) is 123 Å². The first-order valence-corrected chi connectivity index (χ1v) is 26.4. The number of pyridine rings is 2. The lowest BCUT2D eigenvalue weighted by Gasteiger charge is -2.25. The highest BCUT2D eigenvalue weighted by molar-refractivity contribution is 7.99. The van der Waals surface area contributed by atoms with Gasteiger partial charge in [-0.25, -0.2) is 19.9 Å². The molecule has 2 N–H and O–H groups in total. The Labute approximate surface area is 445 Å². The number of alkyl halides is 6. The minimum absolute atomic E-state index is 0.0571. The van der Waals surface area contributed by atoms with E-state index in [2.05, 4.69) is 59.6 Å². The number of benzene rings is 2. The molecule has 26 heteroatoms. The molecule has 0 radical (unpaired) electrons. The maximum Gasteiger partial charge on any atom is 0.434 e. The molecular formula is C52H40F6N14O4S2. The van der Waals surface area contributed by atoms with E-state index < -0.39 is 23.7 Å². The number of halogens is 6. The monoisotopic (exact) mass is 1100 g/mol. The van der Waals surface area contributed by atoms with Crippen molar-refractivity contribution >= 4 is 81.6 Å². The average molecular weight is 1100 g/mol. The van der Waals surface area contributed by atoms with Crippen molar-refractivity contribution in [1.29, 1.82) is 0 Å². The van der Waals surface area contributed by atoms with Crippen molar-refractivity contribution in [2.45, 2.75) is 45.0 Å². The van der Waals surface area contributed by atoms with Crippen LogP contribution in [0.1, 0.15) is 65.7 Å². The third-order valence-corrected chi connectivity index (χ3v) is 17.3. The number of carbonyl (C=O) groups excluding carboxylic acids is 4. The second-order valence-electron chi connectivity index (χ2n) is 19.8. The molecular weight excluding hydrogens is 1060 g/mol. The molecule has 2 saturated heterocycles. The number of imide groups is 2. The van der Waals surface area contributed by atoms with Crippen molar-refractivity contribution in [3.63, 3.8) is 0 Å². The van der Waals surface area contributed by atoms with Gasteiger partial charge in [-0.1, -0.05) is 47.8 Å². The van der Waals surface area contributed by atoms with Crippen LogP contribution in [0.3, 0.4) is 0 Å². The second kappa shape index (κ2) is 18.9. The Morgan fingerprint density at radius 3 is 1.26 bits per heavy atom. The smallest absolute Gasteiger partial charge is 0.342 e. The van der Waals surface area contributed by atoms with E-state index in [1.165, 1.54) is 46.5 Å². The highest BCUT2D eigenvalue weighted by atomic mass is 32.2. The third-order valence-electron chi connectivity index (χ3n) is 15.3. The number of aromatic amines is 2. The largest absolute Gasteiger partial charge is 0.434 e. The van der Waals surface area contributed by atoms with Crippen LogP contribution in [0, 0.1) is 35.5 Å². The van der Waals surface area contributed by atoms with Crippen LogP contribution in [0.4, 0.5) is 38.2 Å². The Bertz CT molecular complexity index is 3450. The summed E-state index contributed by atoms with van der Waals surface area (Å²) in [5, 5.41) is 0.580. The highest BCUT2D eigenvalue weighted by Gasteiger charge is 2.56. The fourth-order valence-corrected chi connectivity index (χ4v) is 13.2. The zero-order valence-electron chi connectivity index (χ0n) is 40.4. The summed E-state index contributed by atoms with van der Waals surface area (Å²) in [5.41, 5.74) is 1.43. The average Bonchev–Trinajstić information content (AvgIpc) is 4.11. The molecule has 0 bridgehead atoms. The van der Waals surface area contributed by atoms with E-state index in [1.54, 1.807) is 48.5 Å². The molecule has 4 aliphatic heterocycles. The van der Waals surface area contributed by atoms with Gasteiger partial charge in [-0.05, 0) is 96.9 Å². The number of amides is 4. The van der Waals surface area contributed by atoms with Crippen LogP contribution in [0.2, 0.25) is 0 Å². The molecule has 6 aliphatic rings. The highest BCUT2D eigenvalue weighted by Crippen LogP contribution is 2.54. The van der Waals surface area contributed by atoms with Crippen molar-refractivity contribution in [2.75, 3.05) is 49.1 Å². The number of aromatic nitrogens is 10. The first-order chi connectivity index (χ1) is 37.6. The maximum atomic E-state index is 13.3. The normalized spacial score (nSPS) is 22.4. The van der Waals surface area contributed by atoms with E-state index >= 15 is 0 Å². The second-order valence-corrected chi connectivity index (χ2v) is 21.9. The van der Waals surface area contributed by atoms with Crippen LogP contribution in [0.5, 0.6) is 0 Å². The van der Waals surface area contributed by atoms with Gasteiger partial charge in [0.15, 0.2) is 34.0 Å². The number of piperidine rings is 2. The van der Waals surface area contributed by atoms with Gasteiger partial charge in [0.05, 0.1) is 34.6 Å². The predicted molar refractivity (Wildman–Crippen MR) is 268 cm³/mol. The van der Waals surface area contributed by atoms with Gasteiger partial charge >= 0.3 is 12.4 Å². The molecule has 2 aliphatic carbocycles. The van der Waals surface area contributed by atoms with Gasteiger partial charge in [-0.15, -0.1) is 0 Å². The van der Waals surface area contributed by atoms with E-state index in [1.807, 2.05) is 0 Å². The molecule has 14 rings (SSSR count). The predicted octanol–water partition coefficient (Wildman–Crippen LogP) is 8.57. The number of nitrogens with zero attached hydrogens (tertiary/aromatic N) is 12. The minimum atomic E-state index is -4.57. The fraction of sp³-hybridized carbons (Fsp3) is 0.308. The van der Waals surface area contributed by atoms with Crippen molar-refractivity contribution in [3.8, 4) is 0 Å². The molecule has 18 nitrogen and oxygen atoms in total. The summed E-state index contributed by atoms with van der Waals surface area (Å²) in [6, 6.07) is 19.4. The van der Waals surface area contributed by atoms with Crippen LogP contribution < -0.4 is 9.80 Å². The molecule has 6 atom stereocenters. The molecule has 2 aromatic carbocycles. The summed E-state index contributed by atoms with van der Waals surface area (Å²) in [5.74, 6) is 2.29. The minimum Gasteiger partial charge on any atom is -0.342 e. The Morgan fingerprint density at radius 1 is 0.500 bits per heavy atom. The van der Waals surface area contributed by atoms with Gasteiger partial charge in [0, 0.05) is 61.5 Å². The summed E-state index contributed by atoms with van der Waals surface area (Å²) in [7, 11) is 0. The van der Waals surface area contributed by atoms with Crippen LogP contribution in [-0.2, 0) is 12.4 Å². The molecule has 0 spiro atoms. The van der Waals surface area contributed by atoms with E-state index in [9.17, 15) is 45.5 Å². The standard InChI is InChI=1S/2C26H20F3N7O2S/c2*27-26(28,29)20-18(6-3-8-30-20)39-19-10-31-21-22(32-19)34-25(33-21)35-9-7-13-16(11-35)17(13)12-36-23(37)14-4-1-2-5-15(14)24(36)38/h2*1-6,8,10,13,16-17H,7,9,11-12H2,(H,31,32,33,34). The SMILES string of the molecule is O=C1c2ccccc2C(=O)N1CC1C2CCN(c3nc4ncc(Sc5cccnc5C(F)(F)F)nc4[nH]3)CC21.O=C1c2ccccc2C(=O)N1CC1C2CCN(c3nc4ncc(Sc5cccnc5C(F)(F)F)nc4[nH]3)CC21. The van der Waals surface area contributed by atoms with Gasteiger partial charge in [0.25, 0.3) is 23.6 Å². The van der Waals surface area contributed by atoms with Crippen molar-refractivity contribution in [1.82, 2.24) is 59.6 Å². The molecule has 396 valence electrons. The molecule has 4 fully saturated rings. The Kier molecular flexibility index (Phi) is 12.0. The molecule has 4 amide bonds. The number of nitrogens with one attached hydrogen (secondary N) is 2. The van der Waals surface area contributed by atoms with Gasteiger partial charge in [0.1, 0.15) is 10.1 Å². The van der Waals surface area contributed by atoms with Crippen LogP contribution in [0.25, 0.3) is 22.6 Å². The maximum absolute atomic E-state index is 13.3. The molecule has 6 unspecified atom stereocenters. The van der Waals surface area contributed by atoms with Crippen molar-refractivity contribution in [2.24, 2.45) is 35.5 Å². The van der Waals surface area contributed by atoms with Crippen molar-refractivity contribution < 1.29 is 45.5 Å². The Hall–Kier alpha value is -8.00. The topological polar surface area (TPSA) is 216 Å². The fourth-order valence-electron chi connectivity index (χ4n) is 11.4. The number of fused-ring (bicyclic) bond motifs is 6. The summed E-state index contributed by atoms with van der Waals surface area (Å²) in [6.45, 7) is 3.73. The zero-order chi connectivity index (χ0) is 53.8. The van der Waals surface area contributed by atoms with E-state index in [4.69, 9.17) is 0 Å². The number of hydrogen-bond donors (Lipinski definition) is 2. The molecule has 8 aromatic rings. The van der Waals surface area contributed by atoms with Crippen LogP contribution >= 0.6 is 23.5 Å². The van der Waals surface area contributed by atoms with Crippen LogP contribution in [0.15, 0.2) is 117 Å². The van der Waals surface area contributed by atoms with E-state index in [-0.39, 0.29) is 55.3 Å². The molecule has 10 heterocycles. The van der Waals surface area contributed by atoms with Gasteiger partial charge in [-0.3, -0.25) is 38.9 Å². The number of carbonyl (C=O) groups is 4. The molecule has 78 heavy (non-hydrogen) atoms. The first-order valence-electron chi connectivity index (χ1n) is 24.8. The van der Waals surface area contributed by atoms with Gasteiger partial charge < -0.3 is 19.8 Å². The first kappa shape index (κ1) is 49.6. The number of imidazole rings is 2. The summed E-state index contributed by atoms with van der Waals surface area (Å²) < 4.78 is 79.9. The lowest BCUT2D eigenvalue weighted by Crippen LogP contribution is -2.33. The quantitative estimate of drug-likeness (QED) is 0.0969. The number of rotatable bonds is 10. The lowest BCUT2D eigenvalue weighted by atomic mass is 10.1. The summed E-state index contributed by atoms with van der Waals surface area (Å²) in [6.07, 6.45) is -2.33. The molecule has 2 saturated carbocycles. The number of hydrogen-bond acceptors (Lipinski definition) is 16. The molecule has 6 aromatic heterocycles. The van der Waals surface area contributed by atoms with Gasteiger partial charge in [-0.2, -0.15) is 36.3 Å². The van der Waals surface area contributed by atoms with E-state index in [0.717, 1.165) is 61.8 Å². The Balaban J connectivity index is 0.000000148. The zero-order valence-corrected chi connectivity index (χ0v) is 42.1. The number of H-pyrrole nitrogens is 2. The summed E-state index contributed by atoms with van der Waals surface area (Å²) in [4.78, 5) is 97.8.